The summed E-state index contributed by atoms with van der Waals surface area (Å²) in [4.78, 5) is 35.8. The van der Waals surface area contributed by atoms with Crippen molar-refractivity contribution < 1.29 is 24.4 Å². The van der Waals surface area contributed by atoms with Crippen LogP contribution < -0.4 is 4.90 Å². The van der Waals surface area contributed by atoms with Gasteiger partial charge in [0.15, 0.2) is 0 Å². The number of para-hydroxylation sites is 1. The Kier molecular flexibility index (Phi) is 6.48. The average molecular weight is 372 g/mol. The number of nitrogens with zero attached hydrogens (tertiary/aromatic N) is 2. The Morgan fingerprint density at radius 2 is 1.85 bits per heavy atom. The van der Waals surface area contributed by atoms with Crippen LogP contribution in [0.2, 0.25) is 0 Å². The molecule has 8 heteroatoms. The lowest BCUT2D eigenvalue weighted by molar-refractivity contribution is -0.384. The number of esters is 1. The molecule has 2 rings (SSSR count). The maximum Gasteiger partial charge on any atom is 0.338 e. The van der Waals surface area contributed by atoms with E-state index in [4.69, 9.17) is 0 Å². The third-order valence-corrected chi connectivity index (χ3v) is 4.05. The van der Waals surface area contributed by atoms with Gasteiger partial charge in [0.05, 0.1) is 23.2 Å². The second-order valence-corrected chi connectivity index (χ2v) is 5.78. The number of carbonyl (C=O) groups is 2. The van der Waals surface area contributed by atoms with Crippen LogP contribution in [-0.2, 0) is 4.74 Å². The molecule has 0 fully saturated rings. The fourth-order valence-corrected chi connectivity index (χ4v) is 2.72. The Bertz CT molecular complexity index is 816. The lowest BCUT2D eigenvalue weighted by Crippen LogP contribution is -2.22. The minimum atomic E-state index is -1.25. The number of benzene rings is 2. The zero-order chi connectivity index (χ0) is 20.0. The van der Waals surface area contributed by atoms with Crippen LogP contribution in [0.3, 0.4) is 0 Å². The van der Waals surface area contributed by atoms with Crippen molar-refractivity contribution in [3.63, 3.8) is 0 Å². The lowest BCUT2D eigenvalue weighted by atomic mass is 10.1. The van der Waals surface area contributed by atoms with Gasteiger partial charge in [-0.25, -0.2) is 9.59 Å². The molecule has 0 amide bonds. The van der Waals surface area contributed by atoms with Crippen molar-refractivity contribution in [1.82, 2.24) is 0 Å². The van der Waals surface area contributed by atoms with Gasteiger partial charge in [-0.1, -0.05) is 19.4 Å². The zero-order valence-corrected chi connectivity index (χ0v) is 15.0. The van der Waals surface area contributed by atoms with Gasteiger partial charge in [0.2, 0.25) is 0 Å². The number of hydrogen-bond acceptors (Lipinski definition) is 6. The van der Waals surface area contributed by atoms with Gasteiger partial charge >= 0.3 is 11.9 Å². The number of anilines is 2. The molecular formula is C19H20N2O6. The smallest absolute Gasteiger partial charge is 0.338 e. The molecule has 0 heterocycles. The van der Waals surface area contributed by atoms with Crippen molar-refractivity contribution in [2.75, 3.05) is 18.6 Å². The molecule has 0 spiro atoms. The Morgan fingerprint density at radius 1 is 1.19 bits per heavy atom. The van der Waals surface area contributed by atoms with E-state index in [1.54, 1.807) is 17.0 Å². The third kappa shape index (κ3) is 4.41. The second kappa shape index (κ2) is 8.79. The Labute approximate surface area is 156 Å². The largest absolute Gasteiger partial charge is 0.478 e. The standard InChI is InChI=1S/C19H20N2O6/c1-3-4-12-20(14-10-8-13(9-11-14)19(24)27-2)17-15(18(22)23)6-5-7-16(17)21(25)26/h5-11H,3-4,12H2,1-2H3,(H,22,23). The number of nitro benzene ring substituents is 1. The molecule has 0 unspecified atom stereocenters. The molecule has 1 N–H and O–H groups in total. The van der Waals surface area contributed by atoms with Crippen molar-refractivity contribution in [2.24, 2.45) is 0 Å². The predicted molar refractivity (Wildman–Crippen MR) is 99.8 cm³/mol. The van der Waals surface area contributed by atoms with Crippen molar-refractivity contribution >= 4 is 29.0 Å². The highest BCUT2D eigenvalue weighted by Gasteiger charge is 2.27. The highest BCUT2D eigenvalue weighted by molar-refractivity contribution is 5.98. The van der Waals surface area contributed by atoms with Gasteiger partial charge in [0.25, 0.3) is 5.69 Å². The molecule has 0 aliphatic heterocycles. The van der Waals surface area contributed by atoms with Crippen LogP contribution in [0.25, 0.3) is 0 Å². The van der Waals surface area contributed by atoms with Crippen LogP contribution in [0.1, 0.15) is 40.5 Å². The molecule has 27 heavy (non-hydrogen) atoms. The summed E-state index contributed by atoms with van der Waals surface area (Å²) in [6, 6.07) is 10.3. The number of carboxylic acid groups (broad SMARTS) is 1. The average Bonchev–Trinajstić information content (AvgIpc) is 2.67. The van der Waals surface area contributed by atoms with Gasteiger partial charge in [-0.15, -0.1) is 0 Å². The van der Waals surface area contributed by atoms with Crippen molar-refractivity contribution in [3.05, 3.63) is 63.7 Å². The minimum Gasteiger partial charge on any atom is -0.478 e. The minimum absolute atomic E-state index is 0.0225. The normalized spacial score (nSPS) is 10.3. The number of carbonyl (C=O) groups excluding carboxylic acids is 1. The molecule has 0 aliphatic carbocycles. The van der Waals surface area contributed by atoms with Gasteiger partial charge in [0.1, 0.15) is 5.69 Å². The first-order chi connectivity index (χ1) is 12.9. The fraction of sp³-hybridized carbons (Fsp3) is 0.263. The summed E-state index contributed by atoms with van der Waals surface area (Å²) >= 11 is 0. The van der Waals surface area contributed by atoms with Crippen LogP contribution in [0.15, 0.2) is 42.5 Å². The van der Waals surface area contributed by atoms with E-state index >= 15 is 0 Å². The highest BCUT2D eigenvalue weighted by atomic mass is 16.6. The van der Waals surface area contributed by atoms with Crippen molar-refractivity contribution in [1.29, 1.82) is 0 Å². The van der Waals surface area contributed by atoms with Crippen molar-refractivity contribution in [2.45, 2.75) is 19.8 Å². The van der Waals surface area contributed by atoms with E-state index in [-0.39, 0.29) is 16.9 Å². The molecule has 142 valence electrons. The molecule has 0 aromatic heterocycles. The van der Waals surface area contributed by atoms with Gasteiger partial charge in [-0.3, -0.25) is 10.1 Å². The molecule has 0 aliphatic rings. The van der Waals surface area contributed by atoms with E-state index in [1.807, 2.05) is 6.92 Å². The molecule has 2 aromatic carbocycles. The van der Waals surface area contributed by atoms with E-state index in [1.165, 1.54) is 37.4 Å². The summed E-state index contributed by atoms with van der Waals surface area (Å²) < 4.78 is 4.67. The molecule has 0 atom stereocenters. The number of rotatable bonds is 8. The summed E-state index contributed by atoms with van der Waals surface area (Å²) in [6.45, 7) is 2.36. The van der Waals surface area contributed by atoms with E-state index in [0.717, 1.165) is 6.42 Å². The van der Waals surface area contributed by atoms with Crippen LogP contribution in [0.4, 0.5) is 17.1 Å². The number of carboxylic acids is 1. The maximum absolute atomic E-state index is 11.7. The van der Waals surface area contributed by atoms with E-state index in [9.17, 15) is 24.8 Å². The maximum atomic E-state index is 11.7. The van der Waals surface area contributed by atoms with Gasteiger partial charge in [0, 0.05) is 18.3 Å². The first kappa shape index (κ1) is 19.9. The summed E-state index contributed by atoms with van der Waals surface area (Å²) in [5, 5.41) is 21.0. The fourth-order valence-electron chi connectivity index (χ4n) is 2.72. The number of ether oxygens (including phenoxy) is 1. The highest BCUT2D eigenvalue weighted by Crippen LogP contribution is 2.37. The Hall–Kier alpha value is -3.42. The summed E-state index contributed by atoms with van der Waals surface area (Å²) in [6.07, 6.45) is 1.52. The second-order valence-electron chi connectivity index (χ2n) is 5.78. The molecule has 0 saturated heterocycles. The molecule has 2 aromatic rings. The zero-order valence-electron chi connectivity index (χ0n) is 15.0. The number of unbranched alkanes of at least 4 members (excludes halogenated alkanes) is 1. The van der Waals surface area contributed by atoms with Crippen LogP contribution in [0, 0.1) is 10.1 Å². The predicted octanol–water partition coefficient (Wildman–Crippen LogP) is 4.02. The molecule has 0 saturated carbocycles. The number of methoxy groups -OCH3 is 1. The van der Waals surface area contributed by atoms with Crippen LogP contribution >= 0.6 is 0 Å². The van der Waals surface area contributed by atoms with E-state index in [2.05, 4.69) is 4.74 Å². The quantitative estimate of drug-likeness (QED) is 0.423. The Balaban J connectivity index is 2.62. The molecule has 0 radical (unpaired) electrons. The number of aromatic carboxylic acids is 1. The number of hydrogen-bond donors (Lipinski definition) is 1. The molecule has 8 nitrogen and oxygen atoms in total. The molecule has 0 bridgehead atoms. The summed E-state index contributed by atoms with van der Waals surface area (Å²) in [7, 11) is 1.27. The lowest BCUT2D eigenvalue weighted by Gasteiger charge is -2.26. The van der Waals surface area contributed by atoms with Gasteiger partial charge in [-0.05, 0) is 36.8 Å². The SMILES string of the molecule is CCCCN(c1ccc(C(=O)OC)cc1)c1c(C(=O)O)cccc1[N+](=O)[O-]. The van der Waals surface area contributed by atoms with E-state index < -0.39 is 16.9 Å². The van der Waals surface area contributed by atoms with Gasteiger partial charge < -0.3 is 14.7 Å². The topological polar surface area (TPSA) is 110 Å². The van der Waals surface area contributed by atoms with Crippen LogP contribution in [-0.4, -0.2) is 35.6 Å². The van der Waals surface area contributed by atoms with Crippen molar-refractivity contribution in [3.8, 4) is 0 Å². The van der Waals surface area contributed by atoms with E-state index in [0.29, 0.717) is 24.2 Å². The Morgan fingerprint density at radius 3 is 2.37 bits per heavy atom. The first-order valence-electron chi connectivity index (χ1n) is 8.37. The molecular weight excluding hydrogens is 352 g/mol. The number of nitro groups is 1. The van der Waals surface area contributed by atoms with Gasteiger partial charge in [-0.2, -0.15) is 0 Å². The first-order valence-corrected chi connectivity index (χ1v) is 8.37. The third-order valence-electron chi connectivity index (χ3n) is 4.05. The summed E-state index contributed by atoms with van der Waals surface area (Å²) in [5.74, 6) is -1.75. The monoisotopic (exact) mass is 372 g/mol. The van der Waals surface area contributed by atoms with Crippen LogP contribution in [0.5, 0.6) is 0 Å². The summed E-state index contributed by atoms with van der Waals surface area (Å²) in [5.41, 5.74) is 0.459.